The fourth-order valence-corrected chi connectivity index (χ4v) is 3.61. The molecule has 3 rings (SSSR count). The predicted molar refractivity (Wildman–Crippen MR) is 97.0 cm³/mol. The van der Waals surface area contributed by atoms with Crippen LogP contribution >= 0.6 is 15.9 Å². The van der Waals surface area contributed by atoms with Crippen LogP contribution < -0.4 is 14.8 Å². The van der Waals surface area contributed by atoms with Crippen molar-refractivity contribution >= 4 is 27.7 Å². The topological polar surface area (TPSA) is 78.3 Å². The molecule has 0 unspecified atom stereocenters. The van der Waals surface area contributed by atoms with E-state index >= 15 is 0 Å². The van der Waals surface area contributed by atoms with Crippen molar-refractivity contribution in [2.75, 3.05) is 19.0 Å². The molecular weight excluding hydrogens is 388 g/mol. The van der Waals surface area contributed by atoms with E-state index in [0.717, 1.165) is 15.7 Å². The number of fused-ring (bicyclic) bond motifs is 1. The van der Waals surface area contributed by atoms with Gasteiger partial charge in [-0.05, 0) is 54.4 Å². The number of methoxy groups -OCH3 is 1. The largest absolute Gasteiger partial charge is 0.493 e. The van der Waals surface area contributed by atoms with Gasteiger partial charge in [-0.1, -0.05) is 0 Å². The lowest BCUT2D eigenvalue weighted by molar-refractivity contribution is -0.114. The van der Waals surface area contributed by atoms with Gasteiger partial charge in [0.2, 0.25) is 5.95 Å². The molecule has 1 N–H and O–H groups in total. The lowest BCUT2D eigenvalue weighted by atomic mass is 9.93. The number of rotatable bonds is 5. The van der Waals surface area contributed by atoms with Crippen molar-refractivity contribution in [1.82, 2.24) is 14.8 Å². The van der Waals surface area contributed by atoms with Gasteiger partial charge >= 0.3 is 0 Å². The van der Waals surface area contributed by atoms with Gasteiger partial charge in [0, 0.05) is 11.3 Å². The maximum absolute atomic E-state index is 12.3. The number of nitrogens with one attached hydrogen (secondary N) is 1. The van der Waals surface area contributed by atoms with Crippen LogP contribution in [0.2, 0.25) is 0 Å². The smallest absolute Gasteiger partial charge is 0.226 e. The number of allylic oxidation sites excluding steroid dienone is 2. The van der Waals surface area contributed by atoms with Crippen molar-refractivity contribution in [3.8, 4) is 11.5 Å². The Labute approximate surface area is 154 Å². The Bertz CT molecular complexity index is 860. The zero-order valence-corrected chi connectivity index (χ0v) is 16.0. The summed E-state index contributed by atoms with van der Waals surface area (Å²) < 4.78 is 13.6. The van der Waals surface area contributed by atoms with Gasteiger partial charge in [0.1, 0.15) is 12.4 Å². The summed E-state index contributed by atoms with van der Waals surface area (Å²) in [6.45, 7) is 5.85. The van der Waals surface area contributed by atoms with Gasteiger partial charge < -0.3 is 14.8 Å². The first-order valence-electron chi connectivity index (χ1n) is 7.86. The van der Waals surface area contributed by atoms with Crippen LogP contribution in [0.25, 0.3) is 0 Å². The highest BCUT2D eigenvalue weighted by atomic mass is 79.9. The highest BCUT2D eigenvalue weighted by Crippen LogP contribution is 2.42. The molecule has 7 nitrogen and oxygen atoms in total. The van der Waals surface area contributed by atoms with E-state index in [1.54, 1.807) is 18.7 Å². The minimum Gasteiger partial charge on any atom is -0.493 e. The molecule has 1 atom stereocenters. The molecule has 0 spiro atoms. The van der Waals surface area contributed by atoms with Crippen LogP contribution in [0.4, 0.5) is 5.95 Å². The Kier molecular flexibility index (Phi) is 4.80. The monoisotopic (exact) mass is 406 g/mol. The summed E-state index contributed by atoms with van der Waals surface area (Å²) in [5.74, 6) is 1.79. The molecule has 132 valence electrons. The number of anilines is 1. The molecule has 2 heterocycles. The van der Waals surface area contributed by atoms with Crippen molar-refractivity contribution < 1.29 is 14.3 Å². The van der Waals surface area contributed by atoms with Crippen LogP contribution in [-0.2, 0) is 4.79 Å². The number of halogens is 1. The zero-order valence-electron chi connectivity index (χ0n) is 14.5. The second-order valence-electron chi connectivity index (χ2n) is 5.62. The minimum atomic E-state index is -0.392. The Hall–Kier alpha value is -2.35. The number of carbonyl (C=O) groups is 1. The molecule has 0 bridgehead atoms. The average molecular weight is 407 g/mol. The third-order valence-corrected chi connectivity index (χ3v) is 4.62. The summed E-state index contributed by atoms with van der Waals surface area (Å²) in [6.07, 6.45) is 1.46. The Balaban J connectivity index is 2.20. The van der Waals surface area contributed by atoms with Gasteiger partial charge in [0.25, 0.3) is 0 Å². The van der Waals surface area contributed by atoms with E-state index in [1.807, 2.05) is 26.0 Å². The van der Waals surface area contributed by atoms with Gasteiger partial charge in [-0.3, -0.25) is 4.79 Å². The highest BCUT2D eigenvalue weighted by Gasteiger charge is 2.32. The van der Waals surface area contributed by atoms with E-state index in [1.165, 1.54) is 6.33 Å². The molecule has 1 aromatic carbocycles. The summed E-state index contributed by atoms with van der Waals surface area (Å²) in [4.78, 5) is 16.5. The summed E-state index contributed by atoms with van der Waals surface area (Å²) >= 11 is 3.54. The van der Waals surface area contributed by atoms with Crippen molar-refractivity contribution in [1.29, 1.82) is 0 Å². The number of hydrogen-bond donors (Lipinski definition) is 1. The maximum atomic E-state index is 12.3. The maximum Gasteiger partial charge on any atom is 0.226 e. The molecule has 0 amide bonds. The molecule has 1 aliphatic heterocycles. The zero-order chi connectivity index (χ0) is 18.1. The third-order valence-electron chi connectivity index (χ3n) is 4.03. The van der Waals surface area contributed by atoms with Crippen molar-refractivity contribution in [2.24, 2.45) is 0 Å². The highest BCUT2D eigenvalue weighted by molar-refractivity contribution is 9.10. The molecule has 0 fully saturated rings. The van der Waals surface area contributed by atoms with Crippen LogP contribution in [-0.4, -0.2) is 34.3 Å². The molecule has 2 aromatic rings. The fourth-order valence-electron chi connectivity index (χ4n) is 3.04. The van der Waals surface area contributed by atoms with Crippen molar-refractivity contribution in [3.05, 3.63) is 39.8 Å². The Morgan fingerprint density at radius 1 is 1.44 bits per heavy atom. The van der Waals surface area contributed by atoms with E-state index in [2.05, 4.69) is 31.3 Å². The van der Waals surface area contributed by atoms with Gasteiger partial charge in [-0.15, -0.1) is 0 Å². The first kappa shape index (κ1) is 17.5. The van der Waals surface area contributed by atoms with Gasteiger partial charge in [-0.2, -0.15) is 10.1 Å². The number of Topliss-reactive ketones (excluding diaryl/α,β-unsaturated/α-hetero) is 1. The number of aromatic nitrogens is 3. The van der Waals surface area contributed by atoms with Crippen LogP contribution in [0.5, 0.6) is 11.5 Å². The van der Waals surface area contributed by atoms with E-state index in [9.17, 15) is 4.79 Å². The third kappa shape index (κ3) is 3.02. The molecule has 1 aliphatic rings. The summed E-state index contributed by atoms with van der Waals surface area (Å²) in [6, 6.07) is 3.40. The predicted octanol–water partition coefficient (Wildman–Crippen LogP) is 3.33. The number of ether oxygens (including phenoxy) is 2. The van der Waals surface area contributed by atoms with Crippen LogP contribution in [0, 0.1) is 0 Å². The molecular formula is C17H19BrN4O3. The fraction of sp³-hybridized carbons (Fsp3) is 0.353. The number of hydrogen-bond acceptors (Lipinski definition) is 6. The Morgan fingerprint density at radius 3 is 2.84 bits per heavy atom. The molecule has 8 heteroatoms. The molecule has 0 radical (unpaired) electrons. The first-order valence-corrected chi connectivity index (χ1v) is 8.65. The molecule has 0 saturated heterocycles. The molecule has 0 aliphatic carbocycles. The van der Waals surface area contributed by atoms with Crippen LogP contribution in [0.3, 0.4) is 0 Å². The van der Waals surface area contributed by atoms with Crippen molar-refractivity contribution in [2.45, 2.75) is 26.8 Å². The van der Waals surface area contributed by atoms with Crippen molar-refractivity contribution in [3.63, 3.8) is 0 Å². The van der Waals surface area contributed by atoms with E-state index in [4.69, 9.17) is 9.47 Å². The molecule has 1 aromatic heterocycles. The number of carbonyl (C=O) groups excluding carboxylic acids is 1. The number of ketones is 1. The van der Waals surface area contributed by atoms with E-state index < -0.39 is 6.04 Å². The lowest BCUT2D eigenvalue weighted by Gasteiger charge is -2.28. The van der Waals surface area contributed by atoms with Crippen LogP contribution in [0.15, 0.2) is 34.2 Å². The summed E-state index contributed by atoms with van der Waals surface area (Å²) in [5, 5.41) is 7.42. The number of benzene rings is 1. The minimum absolute atomic E-state index is 0.0277. The quantitative estimate of drug-likeness (QED) is 0.820. The lowest BCUT2D eigenvalue weighted by Crippen LogP contribution is -2.27. The first-order chi connectivity index (χ1) is 12.0. The summed E-state index contributed by atoms with van der Waals surface area (Å²) in [7, 11) is 1.59. The molecule has 25 heavy (non-hydrogen) atoms. The second-order valence-corrected chi connectivity index (χ2v) is 6.47. The van der Waals surface area contributed by atoms with Crippen LogP contribution in [0.1, 0.15) is 32.4 Å². The van der Waals surface area contributed by atoms with Gasteiger partial charge in [0.15, 0.2) is 17.3 Å². The standard InChI is InChI=1S/C17H19BrN4O3/c1-5-25-16-12(18)6-11(7-13(16)24-4)15-14(10(3)23)9(2)21-17-19-8-20-22(15)17/h6-8,15H,5H2,1-4H3,(H,19,20,21)/t15-/m0/s1. The number of nitrogens with zero attached hydrogens (tertiary/aromatic N) is 3. The summed E-state index contributed by atoms with van der Waals surface area (Å²) in [5.41, 5.74) is 2.25. The normalized spacial score (nSPS) is 16.3. The van der Waals surface area contributed by atoms with E-state index in [0.29, 0.717) is 29.6 Å². The van der Waals surface area contributed by atoms with Gasteiger partial charge in [-0.25, -0.2) is 4.68 Å². The SMILES string of the molecule is CCOc1c(Br)cc([C@H]2C(C(C)=O)=C(C)Nc3ncnn32)cc1OC. The van der Waals surface area contributed by atoms with E-state index in [-0.39, 0.29) is 5.78 Å². The van der Waals surface area contributed by atoms with Gasteiger partial charge in [0.05, 0.1) is 18.2 Å². The molecule has 0 saturated carbocycles. The second kappa shape index (κ2) is 6.87. The average Bonchev–Trinajstić information content (AvgIpc) is 3.02. The Morgan fingerprint density at radius 2 is 2.20 bits per heavy atom.